The summed E-state index contributed by atoms with van der Waals surface area (Å²) in [5.74, 6) is -11.8. The van der Waals surface area contributed by atoms with E-state index in [-0.39, 0.29) is 87.6 Å². The van der Waals surface area contributed by atoms with Crippen LogP contribution in [0, 0.1) is 19.1 Å². The number of alkyl halides is 10. The Bertz CT molecular complexity index is 4110. The molecule has 8 saturated heterocycles. The highest BCUT2D eigenvalue weighted by Crippen LogP contribution is 2.47. The van der Waals surface area contributed by atoms with E-state index in [2.05, 4.69) is 24.7 Å². The molecule has 0 aromatic carbocycles. The zero-order chi connectivity index (χ0) is 79.9. The summed E-state index contributed by atoms with van der Waals surface area (Å²) in [5.41, 5.74) is 4.49. The third kappa shape index (κ3) is 20.4. The molecular weight excluding hydrogens is 1580 g/mol. The van der Waals surface area contributed by atoms with Gasteiger partial charge in [0.15, 0.2) is 67.1 Å². The number of amides is 1. The Balaban J connectivity index is 0.000000191. The normalized spacial score (nSPS) is 29.2. The second kappa shape index (κ2) is 34.5. The van der Waals surface area contributed by atoms with Crippen LogP contribution in [0.2, 0.25) is 0 Å². The number of aromatic nitrogens is 8. The van der Waals surface area contributed by atoms with Gasteiger partial charge in [0.1, 0.15) is 73.2 Å². The molecule has 16 atom stereocenters. The van der Waals surface area contributed by atoms with Crippen LogP contribution in [-0.2, 0) is 102 Å². The number of fused-ring (bicyclic) bond motifs is 4. The largest absolute Gasteiger partial charge is 0.491 e. The number of nitrogens with zero attached hydrogens (tertiary/aromatic N) is 4. The number of nitrogens with two attached hydrogens (primary N) is 1. The van der Waals surface area contributed by atoms with Gasteiger partial charge in [0.2, 0.25) is 0 Å². The first-order valence-corrected chi connectivity index (χ1v) is 33.7. The summed E-state index contributed by atoms with van der Waals surface area (Å²) in [6.45, 7) is 12.1. The molecule has 12 N–H and O–H groups in total. The number of esters is 2. The van der Waals surface area contributed by atoms with Crippen LogP contribution in [0.25, 0.3) is 0 Å². The number of aliphatic hydroxyl groups excluding tert-OH is 5. The van der Waals surface area contributed by atoms with Crippen LogP contribution in [0.3, 0.4) is 0 Å². The van der Waals surface area contributed by atoms with Gasteiger partial charge in [-0.25, -0.2) is 9.59 Å². The molecule has 4 aromatic heterocycles. The Kier molecular flexibility index (Phi) is 28.5. The average Bonchev–Trinajstić information content (AvgIpc) is 1.62. The zero-order valence-corrected chi connectivity index (χ0v) is 60.9. The molecule has 8 aliphatic rings. The highest BCUT2D eigenvalue weighted by molar-refractivity contribution is 7.71. The van der Waals surface area contributed by atoms with Crippen LogP contribution in [0.5, 0.6) is 0 Å². The van der Waals surface area contributed by atoms with Crippen LogP contribution in [0.4, 0.5) is 39.5 Å². The molecule has 0 bridgehead atoms. The molecule has 0 radical (unpaired) electrons. The minimum absolute atomic E-state index is 0. The van der Waals surface area contributed by atoms with Crippen molar-refractivity contribution in [1.29, 1.82) is 0 Å². The lowest BCUT2D eigenvalue weighted by atomic mass is 10.1. The molecule has 0 spiro atoms. The Morgan fingerprint density at radius 3 is 0.972 bits per heavy atom. The van der Waals surface area contributed by atoms with Gasteiger partial charge in [-0.2, -0.15) is 39.5 Å². The van der Waals surface area contributed by atoms with E-state index in [9.17, 15) is 98.6 Å². The number of rotatable bonds is 13. The SMILES string of the molecule is C.CC1(C)OC2[C@@H](O1)[C@@H](CO)O[C@H]2n1cc(CCl)c(=O)[nH]c1=S.CC1(C)OC2[C@@H](O1)[C@@H](CO)O[C@H]2n1cc(CN)c(=O)[nH]c1=S.CC1(C)OC2[C@@H](O1)[C@@H](CO)O[C@H]2n1cc(CNC(=O)C(F)(F)F)c(=O)[nH]c1=S.CC1(C)OC2[C@@H](O1)[C@@H](CO)O[C@H]2n1cc(CO)c(=O)[nH]c1=S.O=C(OC(=O)C(F)(F)F)C(F)(F)F. The number of aliphatic hydroxyl groups is 5. The van der Waals surface area contributed by atoms with Crippen molar-refractivity contribution in [3.8, 4) is 0 Å². The lowest BCUT2D eigenvalue weighted by Gasteiger charge is -2.25. The average molecular weight is 1660 g/mol. The molecule has 606 valence electrons. The predicted molar refractivity (Wildman–Crippen MR) is 354 cm³/mol. The number of H-pyrrole nitrogens is 4. The van der Waals surface area contributed by atoms with Crippen molar-refractivity contribution in [3.63, 3.8) is 0 Å². The van der Waals surface area contributed by atoms with Crippen LogP contribution in [0.15, 0.2) is 44.0 Å². The molecule has 4 aromatic rings. The lowest BCUT2D eigenvalue weighted by Crippen LogP contribution is -2.38. The summed E-state index contributed by atoms with van der Waals surface area (Å²) in [4.78, 5) is 87.4. The Morgan fingerprint density at radius 2 is 0.713 bits per heavy atom. The van der Waals surface area contributed by atoms with Gasteiger partial charge in [-0.3, -0.25) is 62.2 Å². The highest BCUT2D eigenvalue weighted by Gasteiger charge is 2.60. The van der Waals surface area contributed by atoms with Gasteiger partial charge in [0, 0.05) is 49.0 Å². The molecule has 0 aliphatic carbocycles. The second-order valence-electron chi connectivity index (χ2n) is 25.9. The number of aromatic amines is 4. The fourth-order valence-electron chi connectivity index (χ4n) is 11.9. The van der Waals surface area contributed by atoms with E-state index >= 15 is 0 Å². The standard InChI is InChI=1S/C15H18F3N3O6S.C13H17ClN2O5S.C13H19N3O5S.C13H18N2O6S.C4F6O3.CH4/c1-14(2)26-8-7(5-22)25-11(9(8)27-14)21-4-6(10(23)20-13(21)28)3-19-12(24)15(16,17)18;2*1-13(2)20-8-7(5-17)19-11(9(8)21-13)16-4-6(3-14)10(18)15-12(16)22;1-13(2)20-8-7(5-17)19-11(9(8)21-13)15-3-6(4-16)10(18)14-12(15)22;5-3(6,7)1(11)13-2(12)4(8,9)10;/h4,7-9,11,22H,3,5H2,1-2H3,(H,19,24)(H,20,23,28);4,7-9,11,17H,3,5H2,1-2H3,(H,15,18,22);4,7-9,11,17H,3,5,14H2,1-2H3,(H,15,18,22);3,7-9,11,16-17H,4-5H2,1-2H3,(H,14,18,22);;1H4/t4*7-,8+,9?,11-;;/m1111../s1. The number of carbonyl (C=O) groups is 3. The van der Waals surface area contributed by atoms with Crippen molar-refractivity contribution in [3.05, 3.63) is 108 Å². The molecular formula is C59H76ClF9N10O25S4. The quantitative estimate of drug-likeness (QED) is 0.0301. The lowest BCUT2D eigenvalue weighted by molar-refractivity contribution is -0.221. The smallest absolute Gasteiger partial charge is 0.394 e. The van der Waals surface area contributed by atoms with Crippen molar-refractivity contribution in [2.75, 3.05) is 26.4 Å². The van der Waals surface area contributed by atoms with Gasteiger partial charge in [-0.15, -0.1) is 11.6 Å². The Hall–Kier alpha value is -6.05. The van der Waals surface area contributed by atoms with E-state index in [0.717, 1.165) is 0 Å². The molecule has 12 rings (SSSR count). The van der Waals surface area contributed by atoms with Gasteiger partial charge in [0.25, 0.3) is 22.2 Å². The molecule has 12 heterocycles. The van der Waals surface area contributed by atoms with Crippen molar-refractivity contribution >= 4 is 78.3 Å². The molecule has 8 aliphatic heterocycles. The van der Waals surface area contributed by atoms with Crippen LogP contribution in [0.1, 0.15) is 110 Å². The van der Waals surface area contributed by atoms with E-state index in [4.69, 9.17) is 123 Å². The summed E-state index contributed by atoms with van der Waals surface area (Å²) >= 11 is 26.5. The molecule has 108 heavy (non-hydrogen) atoms. The third-order valence-corrected chi connectivity index (χ3v) is 17.9. The molecule has 49 heteroatoms. The number of hydrogen-bond acceptors (Lipinski definition) is 30. The maximum absolute atomic E-state index is 12.3. The maximum atomic E-state index is 12.3. The third-order valence-electron chi connectivity index (χ3n) is 16.4. The van der Waals surface area contributed by atoms with Gasteiger partial charge in [-0.1, -0.05) is 7.43 Å². The van der Waals surface area contributed by atoms with E-state index < -0.39 is 182 Å². The topological polar surface area (TPSA) is 462 Å². The molecule has 8 fully saturated rings. The van der Waals surface area contributed by atoms with Crippen molar-refractivity contribution in [2.24, 2.45) is 5.73 Å². The molecule has 4 unspecified atom stereocenters. The number of hydrogen-bond donors (Lipinski definition) is 11. The van der Waals surface area contributed by atoms with Crippen molar-refractivity contribution < 1.29 is 141 Å². The molecule has 35 nitrogen and oxygen atoms in total. The van der Waals surface area contributed by atoms with Gasteiger partial charge < -0.3 is 98.2 Å². The first-order chi connectivity index (χ1) is 49.5. The van der Waals surface area contributed by atoms with E-state index in [1.165, 1.54) is 21.5 Å². The number of carbonyl (C=O) groups excluding carboxylic acids is 3. The Labute approximate surface area is 628 Å². The van der Waals surface area contributed by atoms with E-state index in [1.807, 2.05) is 0 Å². The highest BCUT2D eigenvalue weighted by atomic mass is 35.5. The number of nitrogens with one attached hydrogen (secondary N) is 5. The van der Waals surface area contributed by atoms with Gasteiger partial charge >= 0.3 is 36.4 Å². The maximum Gasteiger partial charge on any atom is 0.491 e. The number of halogens is 10. The van der Waals surface area contributed by atoms with Crippen LogP contribution in [-0.4, -0.2) is 223 Å². The molecule has 1 amide bonds. The summed E-state index contributed by atoms with van der Waals surface area (Å²) in [6, 6.07) is 0. The zero-order valence-electron chi connectivity index (χ0n) is 56.9. The summed E-state index contributed by atoms with van der Waals surface area (Å²) in [6.07, 6.45) is -19.5. The fourth-order valence-corrected chi connectivity index (χ4v) is 13.1. The monoisotopic (exact) mass is 1660 g/mol. The van der Waals surface area contributed by atoms with Gasteiger partial charge in [0.05, 0.1) is 50.0 Å². The number of ether oxygens (including phenoxy) is 13. The first kappa shape index (κ1) is 89.2. The first-order valence-electron chi connectivity index (χ1n) is 31.5. The minimum Gasteiger partial charge on any atom is -0.394 e. The van der Waals surface area contributed by atoms with Gasteiger partial charge in [-0.05, 0) is 104 Å². The van der Waals surface area contributed by atoms with Crippen molar-refractivity contribution in [1.82, 2.24) is 43.5 Å². The summed E-state index contributed by atoms with van der Waals surface area (Å²) in [5, 5.41) is 48.8. The predicted octanol–water partition coefficient (Wildman–Crippen LogP) is 2.95. The van der Waals surface area contributed by atoms with E-state index in [1.54, 1.807) is 82.2 Å². The van der Waals surface area contributed by atoms with Crippen LogP contribution >= 0.6 is 60.5 Å². The van der Waals surface area contributed by atoms with Crippen LogP contribution < -0.4 is 33.3 Å². The minimum atomic E-state index is -5.62. The van der Waals surface area contributed by atoms with E-state index in [0.29, 0.717) is 11.1 Å². The molecule has 0 saturated carbocycles. The van der Waals surface area contributed by atoms with Crippen molar-refractivity contribution in [2.45, 2.75) is 228 Å². The summed E-state index contributed by atoms with van der Waals surface area (Å²) in [7, 11) is 0. The fraction of sp³-hybridized carbons (Fsp3) is 0.678. The Morgan fingerprint density at radius 1 is 0.463 bits per heavy atom. The summed E-state index contributed by atoms with van der Waals surface area (Å²) < 4.78 is 183. The second-order valence-corrected chi connectivity index (χ2v) is 27.7.